The lowest BCUT2D eigenvalue weighted by molar-refractivity contribution is 0.0696. The van der Waals surface area contributed by atoms with Crippen LogP contribution in [-0.4, -0.2) is 19.5 Å². The quantitative estimate of drug-likeness (QED) is 0.856. The number of fused-ring (bicyclic) bond motifs is 1. The number of rotatable bonds is 1. The highest BCUT2D eigenvalue weighted by Crippen LogP contribution is 2.36. The smallest absolute Gasteiger partial charge is 0.335 e. The molecule has 78 valence electrons. The third-order valence-electron chi connectivity index (χ3n) is 2.07. The fourth-order valence-corrected chi connectivity index (χ4v) is 3.28. The van der Waals surface area contributed by atoms with Gasteiger partial charge in [-0.25, -0.2) is 13.2 Å². The van der Waals surface area contributed by atoms with Crippen LogP contribution in [0.25, 0.3) is 6.08 Å². The zero-order valence-electron chi connectivity index (χ0n) is 7.27. The van der Waals surface area contributed by atoms with Crippen LogP contribution in [0.4, 0.5) is 0 Å². The molecule has 15 heavy (non-hydrogen) atoms. The van der Waals surface area contributed by atoms with Crippen molar-refractivity contribution < 1.29 is 18.3 Å². The molecule has 0 aromatic heterocycles. The summed E-state index contributed by atoms with van der Waals surface area (Å²) < 4.78 is 23.3. The molecule has 1 N–H and O–H groups in total. The van der Waals surface area contributed by atoms with Gasteiger partial charge in [0.05, 0.1) is 10.5 Å². The standard InChI is InChI=1S/C9H5BrO4S/c10-8-4-6-3-5(9(11)12)1-2-7(6)15(8,13)14/h1-4H,(H,11,12). The fourth-order valence-electron chi connectivity index (χ4n) is 1.34. The second-order valence-electron chi connectivity index (χ2n) is 3.01. The van der Waals surface area contributed by atoms with E-state index in [1.165, 1.54) is 24.3 Å². The predicted octanol–water partition coefficient (Wildman–Crippen LogP) is 1.87. The number of carbonyl (C=O) groups is 1. The Morgan fingerprint density at radius 3 is 2.60 bits per heavy atom. The van der Waals surface area contributed by atoms with E-state index in [0.29, 0.717) is 5.56 Å². The summed E-state index contributed by atoms with van der Waals surface area (Å²) >= 11 is 2.93. The van der Waals surface area contributed by atoms with E-state index in [9.17, 15) is 13.2 Å². The van der Waals surface area contributed by atoms with Crippen molar-refractivity contribution in [1.29, 1.82) is 0 Å². The summed E-state index contributed by atoms with van der Waals surface area (Å²) in [7, 11) is -3.44. The van der Waals surface area contributed by atoms with Crippen molar-refractivity contribution in [3.05, 3.63) is 33.1 Å². The largest absolute Gasteiger partial charge is 0.478 e. The van der Waals surface area contributed by atoms with E-state index in [4.69, 9.17) is 5.11 Å². The Balaban J connectivity index is 2.70. The number of sulfone groups is 1. The highest BCUT2D eigenvalue weighted by Gasteiger charge is 2.28. The van der Waals surface area contributed by atoms with Crippen LogP contribution in [0.15, 0.2) is 26.9 Å². The zero-order valence-corrected chi connectivity index (χ0v) is 9.67. The van der Waals surface area contributed by atoms with Crippen LogP contribution in [0, 0.1) is 0 Å². The van der Waals surface area contributed by atoms with Gasteiger partial charge in [0.25, 0.3) is 0 Å². The zero-order chi connectivity index (χ0) is 11.2. The first-order valence-electron chi connectivity index (χ1n) is 3.92. The van der Waals surface area contributed by atoms with Gasteiger partial charge < -0.3 is 5.11 Å². The molecule has 0 amide bonds. The van der Waals surface area contributed by atoms with Crippen molar-refractivity contribution in [2.75, 3.05) is 0 Å². The van der Waals surface area contributed by atoms with Crippen LogP contribution in [-0.2, 0) is 9.84 Å². The Morgan fingerprint density at radius 1 is 1.33 bits per heavy atom. The maximum atomic E-state index is 11.6. The molecular weight excluding hydrogens is 284 g/mol. The molecule has 1 aromatic carbocycles. The van der Waals surface area contributed by atoms with Gasteiger partial charge in [-0.05, 0) is 45.8 Å². The second kappa shape index (κ2) is 3.18. The lowest BCUT2D eigenvalue weighted by Crippen LogP contribution is -2.00. The fraction of sp³-hybridized carbons (Fsp3) is 0. The summed E-state index contributed by atoms with van der Waals surface area (Å²) in [5, 5.41) is 8.73. The van der Waals surface area contributed by atoms with E-state index in [1.807, 2.05) is 0 Å². The maximum Gasteiger partial charge on any atom is 0.335 e. The van der Waals surface area contributed by atoms with Gasteiger partial charge in [0.1, 0.15) is 3.81 Å². The van der Waals surface area contributed by atoms with Crippen molar-refractivity contribution >= 4 is 37.8 Å². The molecule has 4 nitrogen and oxygen atoms in total. The number of aromatic carboxylic acids is 1. The molecule has 0 bridgehead atoms. The average molecular weight is 289 g/mol. The number of benzene rings is 1. The Labute approximate surface area is 94.3 Å². The SMILES string of the molecule is O=C(O)c1ccc2c(c1)C=C(Br)S2(=O)=O. The molecule has 1 heterocycles. The Kier molecular flexibility index (Phi) is 2.20. The van der Waals surface area contributed by atoms with E-state index >= 15 is 0 Å². The minimum absolute atomic E-state index is 0.0625. The van der Waals surface area contributed by atoms with Gasteiger partial charge in [-0.2, -0.15) is 0 Å². The highest BCUT2D eigenvalue weighted by molar-refractivity contribution is 9.13. The van der Waals surface area contributed by atoms with Gasteiger partial charge in [-0.15, -0.1) is 0 Å². The highest BCUT2D eigenvalue weighted by atomic mass is 79.9. The molecule has 6 heteroatoms. The van der Waals surface area contributed by atoms with E-state index in [1.54, 1.807) is 0 Å². The number of halogens is 1. The second-order valence-corrected chi connectivity index (χ2v) is 6.28. The lowest BCUT2D eigenvalue weighted by Gasteiger charge is -1.99. The third kappa shape index (κ3) is 1.49. The Hall–Kier alpha value is -1.14. The maximum absolute atomic E-state index is 11.6. The molecule has 0 fully saturated rings. The van der Waals surface area contributed by atoms with Crippen LogP contribution in [0.3, 0.4) is 0 Å². The lowest BCUT2D eigenvalue weighted by atomic mass is 10.1. The predicted molar refractivity (Wildman–Crippen MR) is 57.5 cm³/mol. The summed E-state index contributed by atoms with van der Waals surface area (Å²) in [6.45, 7) is 0. The molecule has 0 spiro atoms. The molecule has 0 saturated carbocycles. The minimum atomic E-state index is -3.44. The number of carboxylic acid groups (broad SMARTS) is 1. The number of carboxylic acids is 1. The van der Waals surface area contributed by atoms with Gasteiger partial charge >= 0.3 is 5.97 Å². The summed E-state index contributed by atoms with van der Waals surface area (Å²) in [5.74, 6) is -1.08. The topological polar surface area (TPSA) is 71.4 Å². The van der Waals surface area contributed by atoms with Crippen molar-refractivity contribution in [1.82, 2.24) is 0 Å². The number of hydrogen-bond acceptors (Lipinski definition) is 3. The molecule has 2 rings (SSSR count). The van der Waals surface area contributed by atoms with Gasteiger partial charge in [-0.3, -0.25) is 0 Å². The summed E-state index contributed by atoms with van der Waals surface area (Å²) in [6, 6.07) is 3.92. The first-order valence-corrected chi connectivity index (χ1v) is 6.20. The molecule has 0 atom stereocenters. The molecule has 0 radical (unpaired) electrons. The van der Waals surface area contributed by atoms with Crippen LogP contribution in [0.1, 0.15) is 15.9 Å². The molecule has 0 saturated heterocycles. The van der Waals surface area contributed by atoms with Gasteiger partial charge in [0, 0.05) is 0 Å². The first kappa shape index (κ1) is 10.4. The van der Waals surface area contributed by atoms with Gasteiger partial charge in [-0.1, -0.05) is 0 Å². The van der Waals surface area contributed by atoms with Crippen molar-refractivity contribution in [2.24, 2.45) is 0 Å². The normalized spacial score (nSPS) is 17.0. The summed E-state index contributed by atoms with van der Waals surface area (Å²) in [4.78, 5) is 10.8. The van der Waals surface area contributed by atoms with Crippen molar-refractivity contribution in [3.8, 4) is 0 Å². The van der Waals surface area contributed by atoms with Crippen LogP contribution in [0.2, 0.25) is 0 Å². The van der Waals surface area contributed by atoms with Crippen molar-refractivity contribution in [2.45, 2.75) is 4.90 Å². The van der Waals surface area contributed by atoms with Crippen LogP contribution >= 0.6 is 15.9 Å². The van der Waals surface area contributed by atoms with E-state index in [-0.39, 0.29) is 14.3 Å². The first-order chi connectivity index (χ1) is 6.93. The van der Waals surface area contributed by atoms with Gasteiger partial charge in [0.15, 0.2) is 0 Å². The van der Waals surface area contributed by atoms with Crippen molar-refractivity contribution in [3.63, 3.8) is 0 Å². The molecule has 1 aromatic rings. The monoisotopic (exact) mass is 288 g/mol. The minimum Gasteiger partial charge on any atom is -0.478 e. The third-order valence-corrected chi connectivity index (χ3v) is 5.16. The molecule has 0 unspecified atom stereocenters. The molecule has 1 aliphatic heterocycles. The van der Waals surface area contributed by atoms with E-state index < -0.39 is 15.8 Å². The Bertz CT molecular complexity index is 586. The summed E-state index contributed by atoms with van der Waals surface area (Å²) in [6.07, 6.45) is 1.40. The Morgan fingerprint density at radius 2 is 2.00 bits per heavy atom. The average Bonchev–Trinajstić information content (AvgIpc) is 2.38. The molecule has 0 aliphatic carbocycles. The molecule has 1 aliphatic rings. The van der Waals surface area contributed by atoms with Crippen LogP contribution < -0.4 is 0 Å². The van der Waals surface area contributed by atoms with E-state index in [2.05, 4.69) is 15.9 Å². The van der Waals surface area contributed by atoms with E-state index in [0.717, 1.165) is 0 Å². The summed E-state index contributed by atoms with van der Waals surface area (Å²) in [5.41, 5.74) is 0.476. The van der Waals surface area contributed by atoms with Gasteiger partial charge in [0.2, 0.25) is 9.84 Å². The number of hydrogen-bond donors (Lipinski definition) is 1. The van der Waals surface area contributed by atoms with Crippen LogP contribution in [0.5, 0.6) is 0 Å². The molecular formula is C9H5BrO4S.